The predicted octanol–water partition coefficient (Wildman–Crippen LogP) is 1.58. The average molecular weight is 259 g/mol. The molecule has 0 aromatic carbocycles. The second kappa shape index (κ2) is 3.66. The highest BCUT2D eigenvalue weighted by Gasteiger charge is 2.59. The summed E-state index contributed by atoms with van der Waals surface area (Å²) in [4.78, 5) is 8.52. The fourth-order valence-electron chi connectivity index (χ4n) is 3.64. The van der Waals surface area contributed by atoms with Crippen molar-refractivity contribution in [1.82, 2.24) is 20.2 Å². The number of aromatic nitrogens is 4. The molecule has 3 atom stereocenters. The Bertz CT molecular complexity index is 622. The molecule has 6 heteroatoms. The summed E-state index contributed by atoms with van der Waals surface area (Å²) in [6, 6.07) is 0.396. The molecule has 0 bridgehead atoms. The quantitative estimate of drug-likeness (QED) is 0.856. The van der Waals surface area contributed by atoms with Crippen molar-refractivity contribution in [2.45, 2.75) is 32.4 Å². The van der Waals surface area contributed by atoms with Gasteiger partial charge in [-0.2, -0.15) is 5.10 Å². The third-order valence-corrected chi connectivity index (χ3v) is 4.64. The summed E-state index contributed by atoms with van der Waals surface area (Å²) in [6.07, 6.45) is 4.85. The van der Waals surface area contributed by atoms with Gasteiger partial charge in [-0.25, -0.2) is 9.97 Å². The van der Waals surface area contributed by atoms with Crippen molar-refractivity contribution >= 4 is 16.9 Å². The highest BCUT2D eigenvalue weighted by atomic mass is 16.5. The van der Waals surface area contributed by atoms with Crippen molar-refractivity contribution in [2.75, 3.05) is 11.9 Å². The number of hydrogen-bond donors (Lipinski definition) is 2. The van der Waals surface area contributed by atoms with Gasteiger partial charge in [0.15, 0.2) is 5.65 Å². The zero-order chi connectivity index (χ0) is 13.0. The molecule has 1 saturated heterocycles. The largest absolute Gasteiger partial charge is 0.377 e. The van der Waals surface area contributed by atoms with Crippen LogP contribution in [0.3, 0.4) is 0 Å². The van der Waals surface area contributed by atoms with Gasteiger partial charge < -0.3 is 10.1 Å². The third kappa shape index (κ3) is 1.43. The summed E-state index contributed by atoms with van der Waals surface area (Å²) in [5, 5.41) is 11.4. The van der Waals surface area contributed by atoms with E-state index in [0.717, 1.165) is 29.9 Å². The van der Waals surface area contributed by atoms with Gasteiger partial charge in [0.2, 0.25) is 0 Å². The number of rotatable bonds is 2. The fraction of sp³-hybridized carbons (Fsp3) is 0.615. The first kappa shape index (κ1) is 11.2. The molecule has 0 radical (unpaired) electrons. The predicted molar refractivity (Wildman–Crippen MR) is 70.7 cm³/mol. The number of H-pyrrole nitrogens is 1. The third-order valence-electron chi connectivity index (χ3n) is 4.64. The number of nitrogens with one attached hydrogen (secondary N) is 2. The maximum atomic E-state index is 5.82. The van der Waals surface area contributed by atoms with Crippen molar-refractivity contribution in [1.29, 1.82) is 0 Å². The minimum Gasteiger partial charge on any atom is -0.377 e. The summed E-state index contributed by atoms with van der Waals surface area (Å²) in [7, 11) is 0. The number of fused-ring (bicyclic) bond motifs is 2. The maximum absolute atomic E-state index is 5.82. The lowest BCUT2D eigenvalue weighted by Crippen LogP contribution is -2.63. The molecule has 6 nitrogen and oxygen atoms in total. The van der Waals surface area contributed by atoms with Gasteiger partial charge in [-0.1, -0.05) is 13.8 Å². The molecule has 2 aromatic rings. The Kier molecular flexibility index (Phi) is 2.15. The number of nitrogens with zero attached hydrogens (tertiary/aromatic N) is 3. The molecule has 2 aromatic heterocycles. The van der Waals surface area contributed by atoms with Gasteiger partial charge >= 0.3 is 0 Å². The van der Waals surface area contributed by atoms with Crippen LogP contribution in [-0.4, -0.2) is 38.9 Å². The minimum absolute atomic E-state index is 0.141. The summed E-state index contributed by atoms with van der Waals surface area (Å²) in [5.41, 5.74) is 0.913. The molecule has 3 unspecified atom stereocenters. The van der Waals surface area contributed by atoms with Crippen molar-refractivity contribution in [3.63, 3.8) is 0 Å². The summed E-state index contributed by atoms with van der Waals surface area (Å²) >= 11 is 0. The van der Waals surface area contributed by atoms with Crippen LogP contribution >= 0.6 is 0 Å². The van der Waals surface area contributed by atoms with E-state index in [1.165, 1.54) is 0 Å². The van der Waals surface area contributed by atoms with Gasteiger partial charge in [-0.3, -0.25) is 5.10 Å². The van der Waals surface area contributed by atoms with Gasteiger partial charge in [0, 0.05) is 24.0 Å². The van der Waals surface area contributed by atoms with Gasteiger partial charge in [0.05, 0.1) is 17.7 Å². The van der Waals surface area contributed by atoms with E-state index in [4.69, 9.17) is 4.74 Å². The van der Waals surface area contributed by atoms with Crippen molar-refractivity contribution in [3.8, 4) is 0 Å². The van der Waals surface area contributed by atoms with E-state index in [0.29, 0.717) is 18.1 Å². The van der Waals surface area contributed by atoms with Crippen LogP contribution < -0.4 is 5.32 Å². The number of hydrogen-bond acceptors (Lipinski definition) is 5. The number of anilines is 1. The Morgan fingerprint density at radius 1 is 1.42 bits per heavy atom. The Labute approximate surface area is 111 Å². The van der Waals surface area contributed by atoms with E-state index < -0.39 is 0 Å². The second-order valence-corrected chi connectivity index (χ2v) is 6.04. The number of aromatic amines is 1. The first-order chi connectivity index (χ1) is 9.18. The average Bonchev–Trinajstić information content (AvgIpc) is 3.03. The highest BCUT2D eigenvalue weighted by molar-refractivity contribution is 5.85. The molecule has 0 spiro atoms. The van der Waals surface area contributed by atoms with Gasteiger partial charge in [-0.05, 0) is 6.42 Å². The molecule has 2 fully saturated rings. The summed E-state index contributed by atoms with van der Waals surface area (Å²) < 4.78 is 5.82. The van der Waals surface area contributed by atoms with Crippen molar-refractivity contribution in [2.24, 2.45) is 11.3 Å². The van der Waals surface area contributed by atoms with Crippen LogP contribution in [0.4, 0.5) is 5.82 Å². The zero-order valence-electron chi connectivity index (χ0n) is 11.1. The summed E-state index contributed by atoms with van der Waals surface area (Å²) in [5.74, 6) is 1.45. The van der Waals surface area contributed by atoms with Crippen molar-refractivity contribution in [3.05, 3.63) is 12.5 Å². The Morgan fingerprint density at radius 2 is 2.32 bits per heavy atom. The zero-order valence-corrected chi connectivity index (χ0v) is 11.1. The molecule has 1 aliphatic heterocycles. The molecule has 2 N–H and O–H groups in total. The van der Waals surface area contributed by atoms with Crippen LogP contribution in [0.5, 0.6) is 0 Å². The Morgan fingerprint density at radius 3 is 3.21 bits per heavy atom. The van der Waals surface area contributed by atoms with Crippen LogP contribution in [0, 0.1) is 11.3 Å². The van der Waals surface area contributed by atoms with E-state index in [2.05, 4.69) is 39.3 Å². The molecular weight excluding hydrogens is 242 g/mol. The Balaban J connectivity index is 1.66. The number of ether oxygens (including phenoxy) is 1. The molecule has 2 aliphatic rings. The van der Waals surface area contributed by atoms with Crippen LogP contribution in [0.25, 0.3) is 11.0 Å². The second-order valence-electron chi connectivity index (χ2n) is 6.04. The molecular formula is C13H17N5O. The molecule has 0 amide bonds. The molecule has 19 heavy (non-hydrogen) atoms. The monoisotopic (exact) mass is 259 g/mol. The normalized spacial score (nSPS) is 32.0. The van der Waals surface area contributed by atoms with Gasteiger partial charge in [0.1, 0.15) is 12.1 Å². The van der Waals surface area contributed by atoms with Crippen LogP contribution in [0.15, 0.2) is 12.5 Å². The fourth-order valence-corrected chi connectivity index (χ4v) is 3.64. The SMILES string of the molecule is CC1(C)C(Nc2ncnc3[nH]ncc23)C2CCOC21. The molecule has 1 aliphatic carbocycles. The lowest BCUT2D eigenvalue weighted by molar-refractivity contribution is -0.0923. The van der Waals surface area contributed by atoms with Crippen LogP contribution in [-0.2, 0) is 4.74 Å². The van der Waals surface area contributed by atoms with E-state index in [9.17, 15) is 0 Å². The standard InChI is InChI=1S/C13H17N5O/c1-13(2)9(7-3-4-19-10(7)13)17-11-8-5-16-18-12(8)15-6-14-11/h5-7,9-10H,3-4H2,1-2H3,(H2,14,15,16,17,18). The lowest BCUT2D eigenvalue weighted by Gasteiger charge is -2.54. The maximum Gasteiger partial charge on any atom is 0.160 e. The summed E-state index contributed by atoms with van der Waals surface area (Å²) in [6.45, 7) is 5.39. The lowest BCUT2D eigenvalue weighted by atomic mass is 9.57. The first-order valence-corrected chi connectivity index (χ1v) is 6.70. The van der Waals surface area contributed by atoms with E-state index in [-0.39, 0.29) is 5.41 Å². The molecule has 1 saturated carbocycles. The van der Waals surface area contributed by atoms with Crippen molar-refractivity contribution < 1.29 is 4.74 Å². The molecule has 4 rings (SSSR count). The van der Waals surface area contributed by atoms with E-state index >= 15 is 0 Å². The Hall–Kier alpha value is -1.69. The van der Waals surface area contributed by atoms with Gasteiger partial charge in [-0.15, -0.1) is 0 Å². The van der Waals surface area contributed by atoms with Crippen LogP contribution in [0.1, 0.15) is 20.3 Å². The van der Waals surface area contributed by atoms with Crippen LogP contribution in [0.2, 0.25) is 0 Å². The highest BCUT2D eigenvalue weighted by Crippen LogP contribution is 2.53. The van der Waals surface area contributed by atoms with E-state index in [1.807, 2.05) is 0 Å². The molecule has 3 heterocycles. The van der Waals surface area contributed by atoms with Gasteiger partial charge in [0.25, 0.3) is 0 Å². The van der Waals surface area contributed by atoms with E-state index in [1.54, 1.807) is 12.5 Å². The smallest absolute Gasteiger partial charge is 0.160 e. The molecule has 100 valence electrons. The first-order valence-electron chi connectivity index (χ1n) is 6.70. The minimum atomic E-state index is 0.141. The topological polar surface area (TPSA) is 75.7 Å².